The zero-order valence-electron chi connectivity index (χ0n) is 19.5. The van der Waals surface area contributed by atoms with E-state index in [0.29, 0.717) is 6.29 Å². The van der Waals surface area contributed by atoms with Crippen molar-refractivity contribution < 1.29 is 43.8 Å². The van der Waals surface area contributed by atoms with Gasteiger partial charge in [0.2, 0.25) is 23.6 Å². The fourth-order valence-corrected chi connectivity index (χ4v) is 3.15. The number of carbonyl (C=O) groups excluding carboxylic acids is 5. The number of carbonyl (C=O) groups is 7. The summed E-state index contributed by atoms with van der Waals surface area (Å²) in [6, 6.07) is -2.33. The molecule has 13 nitrogen and oxygen atoms in total. The molecule has 34 heavy (non-hydrogen) atoms. The van der Waals surface area contributed by atoms with Crippen molar-refractivity contribution in [1.82, 2.24) is 21.3 Å². The molecule has 4 amide bonds. The SMILES string of the molecule is CCC(C)(C(=O)O)C(=O)NCC(=O)NC(C(=O)NCC(=O)N[C@@H](CSCC=O)C(=O)O)C(C)C. The molecule has 0 aliphatic rings. The number of rotatable bonds is 16. The predicted molar refractivity (Wildman–Crippen MR) is 122 cm³/mol. The topological polar surface area (TPSA) is 208 Å². The van der Waals surface area contributed by atoms with Gasteiger partial charge in [-0.1, -0.05) is 20.8 Å². The highest BCUT2D eigenvalue weighted by Gasteiger charge is 2.39. The number of aldehydes is 1. The molecule has 0 rings (SSSR count). The molecule has 0 bridgehead atoms. The quantitative estimate of drug-likeness (QED) is 0.0802. The lowest BCUT2D eigenvalue weighted by atomic mass is 9.86. The van der Waals surface area contributed by atoms with Gasteiger partial charge in [-0.3, -0.25) is 24.0 Å². The minimum atomic E-state index is -1.71. The number of amides is 4. The molecule has 2 unspecified atom stereocenters. The molecule has 0 spiro atoms. The molecule has 0 saturated carbocycles. The number of hydrogen-bond donors (Lipinski definition) is 6. The second-order valence-corrected chi connectivity index (χ2v) is 8.92. The summed E-state index contributed by atoms with van der Waals surface area (Å²) in [5.74, 6) is -6.09. The zero-order chi connectivity index (χ0) is 26.5. The van der Waals surface area contributed by atoms with Crippen molar-refractivity contribution in [3.63, 3.8) is 0 Å². The molecular formula is C20H32N4O9S. The van der Waals surface area contributed by atoms with Gasteiger partial charge < -0.3 is 36.3 Å². The minimum Gasteiger partial charge on any atom is -0.480 e. The Balaban J connectivity index is 4.83. The first-order chi connectivity index (χ1) is 15.8. The normalized spacial score (nSPS) is 14.1. The van der Waals surface area contributed by atoms with E-state index < -0.39 is 72.1 Å². The third-order valence-corrected chi connectivity index (χ3v) is 5.82. The minimum absolute atomic E-state index is 0.00733. The van der Waals surface area contributed by atoms with Crippen LogP contribution < -0.4 is 21.3 Å². The summed E-state index contributed by atoms with van der Waals surface area (Å²) in [5.41, 5.74) is -1.71. The molecule has 0 fully saturated rings. The Morgan fingerprint density at radius 3 is 2.00 bits per heavy atom. The van der Waals surface area contributed by atoms with Crippen LogP contribution in [0.2, 0.25) is 0 Å². The van der Waals surface area contributed by atoms with Crippen LogP contribution in [0.15, 0.2) is 0 Å². The van der Waals surface area contributed by atoms with Crippen LogP contribution in [0.3, 0.4) is 0 Å². The van der Waals surface area contributed by atoms with Gasteiger partial charge in [0.15, 0.2) is 0 Å². The molecule has 6 N–H and O–H groups in total. The smallest absolute Gasteiger partial charge is 0.327 e. The van der Waals surface area contributed by atoms with Crippen LogP contribution in [-0.2, 0) is 33.6 Å². The molecule has 3 atom stereocenters. The molecular weight excluding hydrogens is 472 g/mol. The molecule has 0 aliphatic carbocycles. The highest BCUT2D eigenvalue weighted by atomic mass is 32.2. The first-order valence-corrected chi connectivity index (χ1v) is 11.6. The van der Waals surface area contributed by atoms with Crippen LogP contribution in [0.5, 0.6) is 0 Å². The van der Waals surface area contributed by atoms with E-state index in [0.717, 1.165) is 11.8 Å². The summed E-state index contributed by atoms with van der Waals surface area (Å²) in [4.78, 5) is 81.6. The van der Waals surface area contributed by atoms with Crippen LogP contribution in [0.1, 0.15) is 34.1 Å². The third kappa shape index (κ3) is 10.2. The van der Waals surface area contributed by atoms with E-state index in [1.54, 1.807) is 13.8 Å². The van der Waals surface area contributed by atoms with Crippen molar-refractivity contribution in [2.45, 2.75) is 46.2 Å². The van der Waals surface area contributed by atoms with Gasteiger partial charge in [-0.2, -0.15) is 11.8 Å². The summed E-state index contributed by atoms with van der Waals surface area (Å²) in [6.45, 7) is 4.90. The van der Waals surface area contributed by atoms with Crippen LogP contribution in [0, 0.1) is 11.3 Å². The van der Waals surface area contributed by atoms with E-state index in [9.17, 15) is 38.7 Å². The van der Waals surface area contributed by atoms with Gasteiger partial charge in [0.25, 0.3) is 0 Å². The van der Waals surface area contributed by atoms with Gasteiger partial charge in [0, 0.05) is 11.5 Å². The van der Waals surface area contributed by atoms with E-state index >= 15 is 0 Å². The average Bonchev–Trinajstić information content (AvgIpc) is 2.77. The maximum Gasteiger partial charge on any atom is 0.327 e. The van der Waals surface area contributed by atoms with E-state index in [1.165, 1.54) is 13.8 Å². The van der Waals surface area contributed by atoms with Crippen LogP contribution in [-0.4, -0.2) is 88.7 Å². The number of carboxylic acids is 2. The Kier molecular flexibility index (Phi) is 13.5. The Bertz CT molecular complexity index is 790. The van der Waals surface area contributed by atoms with E-state index in [2.05, 4.69) is 21.3 Å². The van der Waals surface area contributed by atoms with Crippen molar-refractivity contribution in [1.29, 1.82) is 0 Å². The second-order valence-electron chi connectivity index (χ2n) is 7.84. The molecule has 0 aromatic rings. The van der Waals surface area contributed by atoms with Crippen LogP contribution in [0.4, 0.5) is 0 Å². The van der Waals surface area contributed by atoms with Gasteiger partial charge in [-0.05, 0) is 19.3 Å². The predicted octanol–water partition coefficient (Wildman–Crippen LogP) is -1.64. The second kappa shape index (κ2) is 14.9. The van der Waals surface area contributed by atoms with E-state index in [-0.39, 0.29) is 17.9 Å². The molecule has 0 radical (unpaired) electrons. The summed E-state index contributed by atoms with van der Waals surface area (Å²) in [7, 11) is 0. The summed E-state index contributed by atoms with van der Waals surface area (Å²) < 4.78 is 0. The lowest BCUT2D eigenvalue weighted by Crippen LogP contribution is -2.55. The summed E-state index contributed by atoms with van der Waals surface area (Å²) >= 11 is 1.02. The summed E-state index contributed by atoms with van der Waals surface area (Å²) in [5, 5.41) is 27.5. The molecule has 0 saturated heterocycles. The van der Waals surface area contributed by atoms with Crippen LogP contribution >= 0.6 is 11.8 Å². The lowest BCUT2D eigenvalue weighted by molar-refractivity contribution is -0.155. The maximum absolute atomic E-state index is 12.5. The third-order valence-electron chi connectivity index (χ3n) is 4.88. The molecule has 0 heterocycles. The van der Waals surface area contributed by atoms with E-state index in [1.807, 2.05) is 0 Å². The van der Waals surface area contributed by atoms with Gasteiger partial charge in [0.05, 0.1) is 13.1 Å². The van der Waals surface area contributed by atoms with Crippen molar-refractivity contribution >= 4 is 53.6 Å². The molecule has 0 aromatic heterocycles. The fraction of sp³-hybridized carbons (Fsp3) is 0.650. The van der Waals surface area contributed by atoms with Crippen molar-refractivity contribution in [3.05, 3.63) is 0 Å². The summed E-state index contributed by atoms with van der Waals surface area (Å²) in [6.07, 6.45) is 0.610. The Labute approximate surface area is 201 Å². The van der Waals surface area contributed by atoms with Gasteiger partial charge in [0.1, 0.15) is 23.8 Å². The number of nitrogens with one attached hydrogen (secondary N) is 4. The van der Waals surface area contributed by atoms with Gasteiger partial charge in [-0.25, -0.2) is 4.79 Å². The number of hydrogen-bond acceptors (Lipinski definition) is 8. The first kappa shape index (κ1) is 30.8. The van der Waals surface area contributed by atoms with Gasteiger partial charge in [-0.15, -0.1) is 0 Å². The number of carboxylic acid groups (broad SMARTS) is 2. The lowest BCUT2D eigenvalue weighted by Gasteiger charge is -2.24. The van der Waals surface area contributed by atoms with Crippen molar-refractivity contribution in [3.8, 4) is 0 Å². The van der Waals surface area contributed by atoms with Crippen molar-refractivity contribution in [2.24, 2.45) is 11.3 Å². The zero-order valence-corrected chi connectivity index (χ0v) is 20.3. The van der Waals surface area contributed by atoms with E-state index in [4.69, 9.17) is 5.11 Å². The standard InChI is InChI=1S/C20H32N4O9S/c1-5-20(4,19(32)33)18(31)22-9-14(27)24-15(11(2)3)16(28)21-8-13(26)23-12(17(29)30)10-34-7-6-25/h6,11-12,15H,5,7-10H2,1-4H3,(H,21,28)(H,22,31)(H,23,26)(H,24,27)(H,29,30)(H,32,33)/t12-,15?,20?/m0/s1. The molecule has 192 valence electrons. The van der Waals surface area contributed by atoms with Crippen molar-refractivity contribution in [2.75, 3.05) is 24.6 Å². The average molecular weight is 505 g/mol. The Morgan fingerprint density at radius 1 is 0.971 bits per heavy atom. The largest absolute Gasteiger partial charge is 0.480 e. The first-order valence-electron chi connectivity index (χ1n) is 10.4. The van der Waals surface area contributed by atoms with Gasteiger partial charge >= 0.3 is 11.9 Å². The van der Waals surface area contributed by atoms with Crippen LogP contribution in [0.25, 0.3) is 0 Å². The molecule has 0 aromatic carbocycles. The Morgan fingerprint density at radius 2 is 1.53 bits per heavy atom. The monoisotopic (exact) mass is 504 g/mol. The maximum atomic E-state index is 12.5. The number of thioether (sulfide) groups is 1. The molecule has 14 heteroatoms. The number of aliphatic carboxylic acids is 2. The fourth-order valence-electron chi connectivity index (χ4n) is 2.46. The Hall–Kier alpha value is -3.16. The molecule has 0 aliphatic heterocycles. The highest BCUT2D eigenvalue weighted by molar-refractivity contribution is 7.99. The highest BCUT2D eigenvalue weighted by Crippen LogP contribution is 2.21.